The minimum absolute atomic E-state index is 0.0272. The lowest BCUT2D eigenvalue weighted by molar-refractivity contribution is -0.154. The van der Waals surface area contributed by atoms with Gasteiger partial charge in [0.25, 0.3) is 5.91 Å². The molecule has 0 spiro atoms. The molecule has 3 aromatic rings. The molecule has 0 radical (unpaired) electrons. The van der Waals surface area contributed by atoms with Gasteiger partial charge in [-0.3, -0.25) is 14.4 Å². The van der Waals surface area contributed by atoms with Crippen molar-refractivity contribution >= 4 is 52.9 Å². The molecular weight excluding hydrogens is 745 g/mol. The number of rotatable bonds is 13. The maximum absolute atomic E-state index is 13.1. The number of benzene rings is 2. The van der Waals surface area contributed by atoms with Crippen LogP contribution in [-0.4, -0.2) is 77.2 Å². The van der Waals surface area contributed by atoms with Crippen molar-refractivity contribution in [1.29, 1.82) is 0 Å². The van der Waals surface area contributed by atoms with Gasteiger partial charge in [0.15, 0.2) is 6.61 Å². The van der Waals surface area contributed by atoms with Gasteiger partial charge >= 0.3 is 30.0 Å². The van der Waals surface area contributed by atoms with Gasteiger partial charge in [-0.2, -0.15) is 28.1 Å². The zero-order valence-electron chi connectivity index (χ0n) is 30.6. The Hall–Kier alpha value is -5.19. The Bertz CT molecular complexity index is 1930. The van der Waals surface area contributed by atoms with Gasteiger partial charge in [0, 0.05) is 28.9 Å². The molecule has 294 valence electrons. The molecule has 18 heteroatoms. The second-order valence-electron chi connectivity index (χ2n) is 14.9. The molecule has 55 heavy (non-hydrogen) atoms. The molecule has 1 heterocycles. The van der Waals surface area contributed by atoms with Gasteiger partial charge in [-0.25, -0.2) is 4.79 Å². The maximum atomic E-state index is 13.1. The standard InChI is InChI=1S/C37H42ClF3N8O6/c1-19-25-15-22(35(25,2)3)16-26(19)44-30(52)29(51)42-17-27(31(53)54-4)45-28(50)20-5-11-24(12-6-20)43-32-46-33(48-34(47-32)55-18-37(39,40)41)49-36(13-14-36)21-7-9-23(38)10-8-21/h5-12,19,22,25-27H,13-18H2,1-4H3,(H,42,51)(H,44,52)(H,45,50)(H2,43,46,47,48,49)/t19-,22-,25-,26-,27-/m0/s1. The van der Waals surface area contributed by atoms with Gasteiger partial charge in [0.1, 0.15) is 6.04 Å². The van der Waals surface area contributed by atoms with E-state index >= 15 is 0 Å². The number of alkyl halides is 3. The Morgan fingerprint density at radius 2 is 1.62 bits per heavy atom. The van der Waals surface area contributed by atoms with Gasteiger partial charge in [0.2, 0.25) is 11.9 Å². The van der Waals surface area contributed by atoms with Crippen molar-refractivity contribution in [3.05, 3.63) is 64.7 Å². The summed E-state index contributed by atoms with van der Waals surface area (Å²) in [5.74, 6) is -2.31. The summed E-state index contributed by atoms with van der Waals surface area (Å²) >= 11 is 6.03. The average Bonchev–Trinajstić information content (AvgIpc) is 3.92. The molecule has 3 amide bonds. The third-order valence-corrected chi connectivity index (χ3v) is 11.3. The van der Waals surface area contributed by atoms with Crippen molar-refractivity contribution in [3.8, 4) is 6.01 Å². The first-order valence-corrected chi connectivity index (χ1v) is 18.2. The van der Waals surface area contributed by atoms with Gasteiger partial charge in [0.05, 0.1) is 12.6 Å². The molecule has 7 rings (SSSR count). The van der Waals surface area contributed by atoms with Crippen LogP contribution in [0.1, 0.15) is 62.4 Å². The number of aromatic nitrogens is 3. The number of fused-ring (bicyclic) bond motifs is 2. The summed E-state index contributed by atoms with van der Waals surface area (Å²) in [4.78, 5) is 63.5. The predicted octanol–water partition coefficient (Wildman–Crippen LogP) is 4.89. The molecule has 4 saturated carbocycles. The quantitative estimate of drug-likeness (QED) is 0.117. The number of carbonyl (C=O) groups is 4. The molecular formula is C37H42ClF3N8O6. The highest BCUT2D eigenvalue weighted by molar-refractivity contribution is 6.35. The van der Waals surface area contributed by atoms with Crippen molar-refractivity contribution in [2.75, 3.05) is 30.9 Å². The van der Waals surface area contributed by atoms with Crippen molar-refractivity contribution in [2.45, 2.75) is 70.3 Å². The SMILES string of the molecule is COC(=O)[C@H](CNC(=O)C(=O)N[C@H]1C[C@@H]2C[C@@H]([C@@H]1C)C2(C)C)NC(=O)c1ccc(Nc2nc(NC3(c4ccc(Cl)cc4)CC3)nc(OCC(F)(F)F)n2)cc1. The number of ether oxygens (including phenoxy) is 2. The number of methoxy groups -OCH3 is 1. The second kappa shape index (κ2) is 15.5. The molecule has 4 aliphatic rings. The maximum Gasteiger partial charge on any atom is 0.422 e. The monoisotopic (exact) mass is 786 g/mol. The van der Waals surface area contributed by atoms with E-state index in [-0.39, 0.29) is 34.8 Å². The first kappa shape index (κ1) is 39.5. The van der Waals surface area contributed by atoms with Crippen LogP contribution in [0.25, 0.3) is 0 Å². The molecule has 1 aromatic heterocycles. The van der Waals surface area contributed by atoms with E-state index in [9.17, 15) is 32.3 Å². The fraction of sp³-hybridized carbons (Fsp3) is 0.486. The zero-order valence-corrected chi connectivity index (χ0v) is 31.3. The first-order chi connectivity index (χ1) is 26.0. The summed E-state index contributed by atoms with van der Waals surface area (Å²) in [7, 11) is 1.12. The topological polar surface area (TPSA) is 186 Å². The number of hydrogen-bond donors (Lipinski definition) is 5. The highest BCUT2D eigenvalue weighted by Gasteiger charge is 2.56. The number of hydrogen-bond acceptors (Lipinski definition) is 11. The minimum Gasteiger partial charge on any atom is -0.467 e. The van der Waals surface area contributed by atoms with Crippen molar-refractivity contribution in [2.24, 2.45) is 23.2 Å². The van der Waals surface area contributed by atoms with Crippen LogP contribution in [0.4, 0.5) is 30.8 Å². The molecule has 14 nitrogen and oxygen atoms in total. The third kappa shape index (κ3) is 9.20. The summed E-state index contributed by atoms with van der Waals surface area (Å²) in [5.41, 5.74) is 1.02. The van der Waals surface area contributed by atoms with Gasteiger partial charge < -0.3 is 36.1 Å². The number of nitrogens with one attached hydrogen (secondary N) is 5. The first-order valence-electron chi connectivity index (χ1n) is 17.8. The number of halogens is 4. The Morgan fingerprint density at radius 3 is 2.22 bits per heavy atom. The Morgan fingerprint density at radius 1 is 0.945 bits per heavy atom. The van der Waals surface area contributed by atoms with Crippen molar-refractivity contribution in [1.82, 2.24) is 30.9 Å². The summed E-state index contributed by atoms with van der Waals surface area (Å²) in [6.07, 6.45) is -1.31. The van der Waals surface area contributed by atoms with Crippen LogP contribution in [-0.2, 0) is 24.7 Å². The molecule has 2 bridgehead atoms. The molecule has 0 aliphatic heterocycles. The summed E-state index contributed by atoms with van der Waals surface area (Å²) in [5, 5.41) is 14.4. The summed E-state index contributed by atoms with van der Waals surface area (Å²) < 4.78 is 48.6. The van der Waals surface area contributed by atoms with Crippen LogP contribution in [0, 0.1) is 23.2 Å². The summed E-state index contributed by atoms with van der Waals surface area (Å²) in [6, 6.07) is 10.9. The molecule has 0 unspecified atom stereocenters. The van der Waals surface area contributed by atoms with Crippen LogP contribution in [0.5, 0.6) is 6.01 Å². The largest absolute Gasteiger partial charge is 0.467 e. The number of esters is 1. The smallest absolute Gasteiger partial charge is 0.422 e. The van der Waals surface area contributed by atoms with Crippen LogP contribution < -0.4 is 31.3 Å². The second-order valence-corrected chi connectivity index (χ2v) is 15.3. The minimum atomic E-state index is -4.64. The van der Waals surface area contributed by atoms with Crippen LogP contribution in [0.15, 0.2) is 48.5 Å². The van der Waals surface area contributed by atoms with E-state index in [4.69, 9.17) is 21.1 Å². The fourth-order valence-electron chi connectivity index (χ4n) is 7.53. The van der Waals surface area contributed by atoms with E-state index in [1.54, 1.807) is 12.1 Å². The lowest BCUT2D eigenvalue weighted by atomic mass is 9.45. The lowest BCUT2D eigenvalue weighted by Gasteiger charge is -2.62. The highest BCUT2D eigenvalue weighted by Crippen LogP contribution is 2.61. The van der Waals surface area contributed by atoms with Gasteiger partial charge in [-0.1, -0.05) is 44.5 Å². The molecule has 5 atom stereocenters. The average molecular weight is 787 g/mol. The lowest BCUT2D eigenvalue weighted by Crippen LogP contribution is -2.61. The van der Waals surface area contributed by atoms with E-state index in [0.717, 1.165) is 25.5 Å². The Labute approximate surface area is 320 Å². The fourth-order valence-corrected chi connectivity index (χ4v) is 7.66. The van der Waals surface area contributed by atoms with E-state index in [0.29, 0.717) is 35.4 Å². The number of amides is 3. The number of nitrogens with zero attached hydrogens (tertiary/aromatic N) is 3. The zero-order chi connectivity index (χ0) is 39.7. The molecule has 0 saturated heterocycles. The molecule has 4 aliphatic carbocycles. The summed E-state index contributed by atoms with van der Waals surface area (Å²) in [6.45, 7) is 4.52. The van der Waals surface area contributed by atoms with E-state index in [1.165, 1.54) is 24.3 Å². The van der Waals surface area contributed by atoms with Crippen molar-refractivity contribution in [3.63, 3.8) is 0 Å². The highest BCUT2D eigenvalue weighted by atomic mass is 35.5. The van der Waals surface area contributed by atoms with E-state index in [1.807, 2.05) is 12.1 Å². The Balaban J connectivity index is 1.07. The molecule has 2 aromatic carbocycles. The number of anilines is 3. The number of carbonyl (C=O) groups excluding carboxylic acids is 4. The molecule has 4 fully saturated rings. The van der Waals surface area contributed by atoms with Gasteiger partial charge in [-0.15, -0.1) is 0 Å². The van der Waals surface area contributed by atoms with Crippen LogP contribution in [0.3, 0.4) is 0 Å². The third-order valence-electron chi connectivity index (χ3n) is 11.0. The van der Waals surface area contributed by atoms with E-state index < -0.39 is 60.6 Å². The predicted molar refractivity (Wildman–Crippen MR) is 194 cm³/mol. The van der Waals surface area contributed by atoms with Gasteiger partial charge in [-0.05, 0) is 90.8 Å². The van der Waals surface area contributed by atoms with Crippen LogP contribution >= 0.6 is 11.6 Å². The molecule has 5 N–H and O–H groups in total. The normalized spacial score (nSPS) is 22.2. The van der Waals surface area contributed by atoms with Crippen LogP contribution in [0.2, 0.25) is 5.02 Å². The van der Waals surface area contributed by atoms with Crippen molar-refractivity contribution < 1.29 is 41.8 Å². The Kier molecular flexibility index (Phi) is 11.1. The van der Waals surface area contributed by atoms with E-state index in [2.05, 4.69) is 62.3 Å².